The molecule has 0 spiro atoms. The zero-order valence-corrected chi connectivity index (χ0v) is 9.38. The smallest absolute Gasteiger partial charge is 0.438 e. The lowest BCUT2D eigenvalue weighted by Crippen LogP contribution is -2.29. The molecule has 0 bridgehead atoms. The van der Waals surface area contributed by atoms with Crippen LogP contribution >= 0.6 is 0 Å². The minimum atomic E-state index is -1.66. The summed E-state index contributed by atoms with van der Waals surface area (Å²) in [5.41, 5.74) is 1.04. The first kappa shape index (κ1) is 11.1. The first-order valence-electron chi connectivity index (χ1n) is 5.29. The van der Waals surface area contributed by atoms with E-state index < -0.39 is 13.2 Å². The fraction of sp³-hybridized carbons (Fsp3) is 0.0909. The highest BCUT2D eigenvalue weighted by atomic mass is 19.1. The summed E-state index contributed by atoms with van der Waals surface area (Å²) in [4.78, 5) is 7.20. The van der Waals surface area contributed by atoms with E-state index in [0.717, 1.165) is 0 Å². The van der Waals surface area contributed by atoms with E-state index in [-0.39, 0.29) is 16.8 Å². The standard InChI is InChI=1S/C11H8BFN2O3/c1-5-8-6-3-2-4-7(12(16)17)9(6)18-10(8)15-11(13)14-5/h2-4,16-17H,1H3. The van der Waals surface area contributed by atoms with Crippen LogP contribution in [0.5, 0.6) is 0 Å². The molecule has 0 aliphatic carbocycles. The second-order valence-electron chi connectivity index (χ2n) is 3.96. The zero-order chi connectivity index (χ0) is 12.9. The Bertz CT molecular complexity index is 757. The van der Waals surface area contributed by atoms with Gasteiger partial charge in [-0.3, -0.25) is 0 Å². The van der Waals surface area contributed by atoms with Crippen LogP contribution in [0.2, 0.25) is 0 Å². The van der Waals surface area contributed by atoms with Crippen molar-refractivity contribution in [1.82, 2.24) is 9.97 Å². The Kier molecular flexibility index (Phi) is 2.32. The third-order valence-electron chi connectivity index (χ3n) is 2.82. The molecule has 2 aromatic heterocycles. The van der Waals surface area contributed by atoms with Gasteiger partial charge in [-0.05, 0) is 6.92 Å². The van der Waals surface area contributed by atoms with Crippen LogP contribution in [0.4, 0.5) is 4.39 Å². The van der Waals surface area contributed by atoms with Gasteiger partial charge >= 0.3 is 13.2 Å². The fourth-order valence-corrected chi connectivity index (χ4v) is 2.06. The molecule has 5 nitrogen and oxygen atoms in total. The SMILES string of the molecule is Cc1nc(F)nc2oc3c(B(O)O)cccc3c12. The van der Waals surface area contributed by atoms with Gasteiger partial charge in [-0.25, -0.2) is 4.98 Å². The lowest BCUT2D eigenvalue weighted by molar-refractivity contribution is 0.425. The average molecular weight is 246 g/mol. The van der Waals surface area contributed by atoms with Gasteiger partial charge in [0.1, 0.15) is 5.58 Å². The molecular formula is C11H8BFN2O3. The molecule has 0 saturated heterocycles. The molecule has 0 saturated carbocycles. The molecule has 90 valence electrons. The van der Waals surface area contributed by atoms with Crippen molar-refractivity contribution >= 4 is 34.7 Å². The molecule has 0 aliphatic heterocycles. The number of furan rings is 1. The molecule has 1 aromatic carbocycles. The highest BCUT2D eigenvalue weighted by Crippen LogP contribution is 2.28. The molecule has 0 atom stereocenters. The van der Waals surface area contributed by atoms with Gasteiger partial charge in [-0.1, -0.05) is 18.2 Å². The Morgan fingerprint density at radius 3 is 2.78 bits per heavy atom. The number of hydrogen-bond acceptors (Lipinski definition) is 5. The summed E-state index contributed by atoms with van der Waals surface area (Å²) < 4.78 is 18.5. The predicted octanol–water partition coefficient (Wildman–Crippen LogP) is 0.503. The van der Waals surface area contributed by atoms with Gasteiger partial charge in [0.2, 0.25) is 5.71 Å². The molecule has 3 rings (SSSR count). The predicted molar refractivity (Wildman–Crippen MR) is 63.8 cm³/mol. The first-order valence-corrected chi connectivity index (χ1v) is 5.29. The van der Waals surface area contributed by atoms with Crippen molar-refractivity contribution in [1.29, 1.82) is 0 Å². The Labute approximate surface area is 101 Å². The number of hydrogen-bond donors (Lipinski definition) is 2. The van der Waals surface area contributed by atoms with Crippen molar-refractivity contribution < 1.29 is 18.9 Å². The van der Waals surface area contributed by atoms with E-state index in [1.54, 1.807) is 19.1 Å². The van der Waals surface area contributed by atoms with Crippen LogP contribution in [0.25, 0.3) is 22.1 Å². The molecule has 0 amide bonds. The van der Waals surface area contributed by atoms with E-state index >= 15 is 0 Å². The van der Waals surface area contributed by atoms with Crippen LogP contribution < -0.4 is 5.46 Å². The first-order chi connectivity index (χ1) is 8.58. The number of para-hydroxylation sites is 1. The maximum absolute atomic E-state index is 13.1. The summed E-state index contributed by atoms with van der Waals surface area (Å²) in [6.07, 6.45) is -0.870. The summed E-state index contributed by atoms with van der Waals surface area (Å²) in [7, 11) is -1.66. The number of benzene rings is 1. The Morgan fingerprint density at radius 1 is 1.28 bits per heavy atom. The largest absolute Gasteiger partial charge is 0.492 e. The molecule has 3 aromatic rings. The molecule has 18 heavy (non-hydrogen) atoms. The summed E-state index contributed by atoms with van der Waals surface area (Å²) in [5, 5.41) is 19.7. The van der Waals surface area contributed by atoms with E-state index in [2.05, 4.69) is 9.97 Å². The lowest BCUT2D eigenvalue weighted by atomic mass is 9.79. The zero-order valence-electron chi connectivity index (χ0n) is 9.38. The number of halogens is 1. The maximum atomic E-state index is 13.1. The number of rotatable bonds is 1. The van der Waals surface area contributed by atoms with Gasteiger partial charge in [-0.15, -0.1) is 0 Å². The van der Waals surface area contributed by atoms with E-state index in [1.165, 1.54) is 6.07 Å². The molecule has 2 N–H and O–H groups in total. The second-order valence-corrected chi connectivity index (χ2v) is 3.96. The van der Waals surface area contributed by atoms with E-state index in [0.29, 0.717) is 16.5 Å². The quantitative estimate of drug-likeness (QED) is 0.482. The number of fused-ring (bicyclic) bond motifs is 3. The maximum Gasteiger partial charge on any atom is 0.492 e. The van der Waals surface area contributed by atoms with Crippen molar-refractivity contribution in [3.63, 3.8) is 0 Å². The van der Waals surface area contributed by atoms with Crippen LogP contribution in [-0.2, 0) is 0 Å². The number of nitrogens with zero attached hydrogens (tertiary/aromatic N) is 2. The summed E-state index contributed by atoms with van der Waals surface area (Å²) >= 11 is 0. The Hall–Kier alpha value is -1.99. The van der Waals surface area contributed by atoms with Crippen LogP contribution in [-0.4, -0.2) is 27.1 Å². The highest BCUT2D eigenvalue weighted by molar-refractivity contribution is 6.61. The molecule has 0 aliphatic rings. The van der Waals surface area contributed by atoms with Gasteiger partial charge < -0.3 is 14.5 Å². The third-order valence-corrected chi connectivity index (χ3v) is 2.82. The third kappa shape index (κ3) is 1.48. The number of aromatic nitrogens is 2. The minimum Gasteiger partial charge on any atom is -0.438 e. The average Bonchev–Trinajstić information content (AvgIpc) is 2.65. The van der Waals surface area contributed by atoms with E-state index in [4.69, 9.17) is 4.42 Å². The van der Waals surface area contributed by atoms with Crippen LogP contribution in [0.1, 0.15) is 5.69 Å². The van der Waals surface area contributed by atoms with Crippen molar-refractivity contribution in [3.05, 3.63) is 30.0 Å². The molecular weight excluding hydrogens is 238 g/mol. The topological polar surface area (TPSA) is 79.4 Å². The van der Waals surface area contributed by atoms with Gasteiger partial charge in [0.15, 0.2) is 0 Å². The van der Waals surface area contributed by atoms with Gasteiger partial charge in [0.25, 0.3) is 0 Å². The monoisotopic (exact) mass is 246 g/mol. The Balaban J connectivity index is 2.51. The van der Waals surface area contributed by atoms with Gasteiger partial charge in [0, 0.05) is 10.8 Å². The lowest BCUT2D eigenvalue weighted by Gasteiger charge is -1.98. The highest BCUT2D eigenvalue weighted by Gasteiger charge is 2.21. The fourth-order valence-electron chi connectivity index (χ4n) is 2.06. The van der Waals surface area contributed by atoms with Crippen molar-refractivity contribution in [2.24, 2.45) is 0 Å². The van der Waals surface area contributed by atoms with Gasteiger partial charge in [0.05, 0.1) is 11.1 Å². The van der Waals surface area contributed by atoms with Crippen molar-refractivity contribution in [2.75, 3.05) is 0 Å². The molecule has 0 fully saturated rings. The van der Waals surface area contributed by atoms with Crippen LogP contribution in [0, 0.1) is 13.0 Å². The molecule has 0 unspecified atom stereocenters. The molecule has 2 heterocycles. The van der Waals surface area contributed by atoms with Crippen molar-refractivity contribution in [3.8, 4) is 0 Å². The van der Waals surface area contributed by atoms with E-state index in [9.17, 15) is 14.4 Å². The van der Waals surface area contributed by atoms with Crippen LogP contribution in [0.3, 0.4) is 0 Å². The molecule has 0 radical (unpaired) electrons. The minimum absolute atomic E-state index is 0.100. The summed E-state index contributed by atoms with van der Waals surface area (Å²) in [6, 6.07) is 4.92. The van der Waals surface area contributed by atoms with Gasteiger partial charge in [-0.2, -0.15) is 9.37 Å². The van der Waals surface area contributed by atoms with Crippen molar-refractivity contribution in [2.45, 2.75) is 6.92 Å². The van der Waals surface area contributed by atoms with E-state index in [1.807, 2.05) is 0 Å². The number of aryl methyl sites for hydroxylation is 1. The van der Waals surface area contributed by atoms with Crippen LogP contribution in [0.15, 0.2) is 22.6 Å². The second kappa shape index (κ2) is 3.76. The molecule has 7 heteroatoms. The summed E-state index contributed by atoms with van der Waals surface area (Å²) in [6.45, 7) is 1.64. The normalized spacial score (nSPS) is 11.3. The summed E-state index contributed by atoms with van der Waals surface area (Å²) in [5.74, 6) is 0. The Morgan fingerprint density at radius 2 is 2.06 bits per heavy atom.